The molecule has 38 heavy (non-hydrogen) atoms. The number of anilines is 1. The Morgan fingerprint density at radius 1 is 0.947 bits per heavy atom. The largest absolute Gasteiger partial charge is 0.444 e. The number of unbranched alkanes of at least 4 members (excludes halogenated alkanes) is 1. The Bertz CT molecular complexity index is 1240. The van der Waals surface area contributed by atoms with E-state index in [1.165, 1.54) is 35.2 Å². The van der Waals surface area contributed by atoms with Gasteiger partial charge in [0.2, 0.25) is 5.91 Å². The van der Waals surface area contributed by atoms with Gasteiger partial charge in [-0.05, 0) is 76.5 Å². The highest BCUT2D eigenvalue weighted by Crippen LogP contribution is 2.33. The van der Waals surface area contributed by atoms with Crippen molar-refractivity contribution in [3.63, 3.8) is 0 Å². The Morgan fingerprint density at radius 3 is 2.45 bits per heavy atom. The third-order valence-electron chi connectivity index (χ3n) is 6.66. The molecule has 202 valence electrons. The minimum Gasteiger partial charge on any atom is -0.444 e. The molecule has 1 aliphatic rings. The molecule has 0 saturated heterocycles. The first-order chi connectivity index (χ1) is 18.3. The number of fused-ring (bicyclic) bond motifs is 2. The molecule has 1 aromatic heterocycles. The van der Waals surface area contributed by atoms with E-state index < -0.39 is 17.7 Å². The van der Waals surface area contributed by atoms with E-state index in [1.54, 1.807) is 20.8 Å². The number of rotatable bonds is 10. The van der Waals surface area contributed by atoms with Crippen molar-refractivity contribution in [1.82, 2.24) is 15.6 Å². The maximum Gasteiger partial charge on any atom is 0.408 e. The van der Waals surface area contributed by atoms with Crippen LogP contribution < -0.4 is 16.0 Å². The van der Waals surface area contributed by atoms with Crippen LogP contribution in [-0.2, 0) is 28.8 Å². The highest BCUT2D eigenvalue weighted by molar-refractivity contribution is 5.93. The van der Waals surface area contributed by atoms with E-state index >= 15 is 0 Å². The van der Waals surface area contributed by atoms with E-state index in [0.29, 0.717) is 13.0 Å². The minimum absolute atomic E-state index is 0.207. The normalized spacial score (nSPS) is 13.9. The standard InChI is InChI=1S/C31H40N4O3/c1-31(2,3)38-30(37)35-27(21-22-13-5-4-6-14-22)29(36)33-20-12-11-19-32-28-23-15-7-9-17-25(23)34-26-18-10-8-16-24(26)28/h4-7,9,13-15,17,27H,8,10-12,16,18-21H2,1-3H3,(H,32,34)(H,33,36)(H,35,37)/t27-/m0/s1. The van der Waals surface area contributed by atoms with Crippen LogP contribution >= 0.6 is 0 Å². The molecule has 3 aromatic rings. The summed E-state index contributed by atoms with van der Waals surface area (Å²) >= 11 is 0. The van der Waals surface area contributed by atoms with Crippen LogP contribution in [0.2, 0.25) is 0 Å². The molecule has 0 radical (unpaired) electrons. The zero-order chi connectivity index (χ0) is 27.0. The number of hydrogen-bond acceptors (Lipinski definition) is 5. The first kappa shape index (κ1) is 27.4. The molecule has 0 aliphatic heterocycles. The van der Waals surface area contributed by atoms with Crippen LogP contribution in [0.5, 0.6) is 0 Å². The highest BCUT2D eigenvalue weighted by atomic mass is 16.6. The lowest BCUT2D eigenvalue weighted by Crippen LogP contribution is -2.49. The monoisotopic (exact) mass is 516 g/mol. The van der Waals surface area contributed by atoms with Gasteiger partial charge in [0.05, 0.1) is 5.52 Å². The second-order valence-electron chi connectivity index (χ2n) is 10.9. The van der Waals surface area contributed by atoms with Crippen molar-refractivity contribution in [2.45, 2.75) is 77.4 Å². The van der Waals surface area contributed by atoms with E-state index in [1.807, 2.05) is 36.4 Å². The summed E-state index contributed by atoms with van der Waals surface area (Å²) in [7, 11) is 0. The number of aryl methyl sites for hydroxylation is 1. The molecule has 2 aromatic carbocycles. The Hall–Kier alpha value is -3.61. The third kappa shape index (κ3) is 7.70. The highest BCUT2D eigenvalue weighted by Gasteiger charge is 2.24. The molecule has 1 atom stereocenters. The van der Waals surface area contributed by atoms with Crippen molar-refractivity contribution >= 4 is 28.6 Å². The molecule has 7 heteroatoms. The molecule has 4 rings (SSSR count). The average Bonchev–Trinajstić information content (AvgIpc) is 2.89. The maximum atomic E-state index is 13.0. The summed E-state index contributed by atoms with van der Waals surface area (Å²) in [4.78, 5) is 30.3. The molecule has 2 amide bonds. The van der Waals surface area contributed by atoms with Gasteiger partial charge in [-0.25, -0.2) is 4.79 Å². The van der Waals surface area contributed by atoms with Crippen LogP contribution in [0, 0.1) is 0 Å². The molecule has 0 fully saturated rings. The molecular formula is C31H40N4O3. The molecule has 1 heterocycles. The van der Waals surface area contributed by atoms with Gasteiger partial charge in [-0.3, -0.25) is 9.78 Å². The van der Waals surface area contributed by atoms with Crippen LogP contribution in [0.1, 0.15) is 63.3 Å². The van der Waals surface area contributed by atoms with E-state index in [-0.39, 0.29) is 5.91 Å². The van der Waals surface area contributed by atoms with Gasteiger partial charge >= 0.3 is 6.09 Å². The number of nitrogens with zero attached hydrogens (tertiary/aromatic N) is 1. The number of hydrogen-bond donors (Lipinski definition) is 3. The second-order valence-corrected chi connectivity index (χ2v) is 10.9. The summed E-state index contributed by atoms with van der Waals surface area (Å²) in [6.07, 6.45) is 6.06. The smallest absolute Gasteiger partial charge is 0.408 e. The van der Waals surface area contributed by atoms with E-state index in [2.05, 4.69) is 34.1 Å². The van der Waals surface area contributed by atoms with Crippen molar-refractivity contribution in [3.05, 3.63) is 71.4 Å². The Kier molecular flexibility index (Phi) is 9.21. The minimum atomic E-state index is -0.708. The first-order valence-corrected chi connectivity index (χ1v) is 13.8. The fourth-order valence-electron chi connectivity index (χ4n) is 4.88. The Morgan fingerprint density at radius 2 is 1.66 bits per heavy atom. The number of nitrogens with one attached hydrogen (secondary N) is 3. The van der Waals surface area contributed by atoms with E-state index in [9.17, 15) is 9.59 Å². The van der Waals surface area contributed by atoms with Crippen molar-refractivity contribution in [3.8, 4) is 0 Å². The third-order valence-corrected chi connectivity index (χ3v) is 6.66. The summed E-state index contributed by atoms with van der Waals surface area (Å²) in [6.45, 7) is 6.77. The lowest BCUT2D eigenvalue weighted by atomic mass is 9.92. The van der Waals surface area contributed by atoms with Gasteiger partial charge in [0.25, 0.3) is 0 Å². The molecule has 1 aliphatic carbocycles. The topological polar surface area (TPSA) is 92.3 Å². The van der Waals surface area contributed by atoms with Gasteiger partial charge in [0.15, 0.2) is 0 Å². The number of ether oxygens (including phenoxy) is 1. The van der Waals surface area contributed by atoms with Crippen LogP contribution in [0.25, 0.3) is 10.9 Å². The van der Waals surface area contributed by atoms with Crippen LogP contribution in [0.15, 0.2) is 54.6 Å². The van der Waals surface area contributed by atoms with Gasteiger partial charge in [-0.2, -0.15) is 0 Å². The maximum absolute atomic E-state index is 13.0. The number of pyridine rings is 1. The number of amides is 2. The van der Waals surface area contributed by atoms with Crippen molar-refractivity contribution < 1.29 is 14.3 Å². The molecule has 7 nitrogen and oxygen atoms in total. The Balaban J connectivity index is 1.29. The average molecular weight is 517 g/mol. The zero-order valence-corrected chi connectivity index (χ0v) is 22.8. The van der Waals surface area contributed by atoms with Gasteiger partial charge in [0, 0.05) is 36.3 Å². The number of aromatic nitrogens is 1. The summed E-state index contributed by atoms with van der Waals surface area (Å²) in [5.74, 6) is -0.207. The van der Waals surface area contributed by atoms with Crippen molar-refractivity contribution in [2.24, 2.45) is 0 Å². The van der Waals surface area contributed by atoms with Crippen LogP contribution in [0.3, 0.4) is 0 Å². The van der Waals surface area contributed by atoms with Gasteiger partial charge < -0.3 is 20.7 Å². The first-order valence-electron chi connectivity index (χ1n) is 13.8. The van der Waals surface area contributed by atoms with Gasteiger partial charge in [0.1, 0.15) is 11.6 Å². The van der Waals surface area contributed by atoms with Crippen LogP contribution in [0.4, 0.5) is 10.5 Å². The number of benzene rings is 2. The predicted molar refractivity (Wildman–Crippen MR) is 152 cm³/mol. The molecule has 0 saturated carbocycles. The summed E-state index contributed by atoms with van der Waals surface area (Å²) in [5, 5.41) is 10.6. The summed E-state index contributed by atoms with van der Waals surface area (Å²) in [6, 6.07) is 17.3. The van der Waals surface area contributed by atoms with Crippen molar-refractivity contribution in [2.75, 3.05) is 18.4 Å². The zero-order valence-electron chi connectivity index (χ0n) is 22.8. The van der Waals surface area contributed by atoms with Gasteiger partial charge in [-0.1, -0.05) is 48.5 Å². The predicted octanol–water partition coefficient (Wildman–Crippen LogP) is 5.56. The van der Waals surface area contributed by atoms with E-state index in [4.69, 9.17) is 9.72 Å². The fraction of sp³-hybridized carbons (Fsp3) is 0.452. The van der Waals surface area contributed by atoms with E-state index in [0.717, 1.165) is 43.3 Å². The number of carbonyl (C=O) groups excluding carboxylic acids is 2. The second kappa shape index (κ2) is 12.8. The molecule has 0 spiro atoms. The number of alkyl carbamates (subject to hydrolysis) is 1. The quantitative estimate of drug-likeness (QED) is 0.307. The fourth-order valence-corrected chi connectivity index (χ4v) is 4.88. The SMILES string of the molecule is CC(C)(C)OC(=O)N[C@@H](Cc1ccccc1)C(=O)NCCCCNc1c2c(nc3ccccc13)CCCC2. The number of carbonyl (C=O) groups is 2. The molecule has 0 bridgehead atoms. The lowest BCUT2D eigenvalue weighted by Gasteiger charge is -2.23. The molecule has 0 unspecified atom stereocenters. The molecular weight excluding hydrogens is 476 g/mol. The lowest BCUT2D eigenvalue weighted by molar-refractivity contribution is -0.123. The summed E-state index contributed by atoms with van der Waals surface area (Å²) < 4.78 is 5.38. The van der Waals surface area contributed by atoms with Gasteiger partial charge in [-0.15, -0.1) is 0 Å². The Labute approximate surface area is 225 Å². The molecule has 3 N–H and O–H groups in total. The number of para-hydroxylation sites is 1. The van der Waals surface area contributed by atoms with Crippen molar-refractivity contribution in [1.29, 1.82) is 0 Å². The summed E-state index contributed by atoms with van der Waals surface area (Å²) in [5.41, 5.74) is 5.20. The van der Waals surface area contributed by atoms with Crippen LogP contribution in [-0.4, -0.2) is 41.7 Å².